The van der Waals surface area contributed by atoms with E-state index in [2.05, 4.69) is 106 Å². The Balaban J connectivity index is 0. The molecule has 0 aliphatic carbocycles. The Labute approximate surface area is 230 Å². The molecule has 170 valence electrons. The molecule has 0 aromatic heterocycles. The molecule has 1 unspecified atom stereocenters. The van der Waals surface area contributed by atoms with Gasteiger partial charge in [-0.1, -0.05) is 71.2 Å². The van der Waals surface area contributed by atoms with E-state index in [9.17, 15) is 0 Å². The maximum atomic E-state index is 2.32. The van der Waals surface area contributed by atoms with Crippen molar-refractivity contribution in [1.82, 2.24) is 0 Å². The van der Waals surface area contributed by atoms with Crippen LogP contribution in [0.2, 0.25) is 13.1 Å². The van der Waals surface area contributed by atoms with Gasteiger partial charge in [0.1, 0.15) is 0 Å². The van der Waals surface area contributed by atoms with Crippen molar-refractivity contribution in [2.75, 3.05) is 0 Å². The third-order valence-corrected chi connectivity index (χ3v) is 5.37. The minimum atomic E-state index is 0. The number of hydrogen-bond donors (Lipinski definition) is 0. The summed E-state index contributed by atoms with van der Waals surface area (Å²) in [7, 11) is 1.08. The van der Waals surface area contributed by atoms with Crippen LogP contribution in [0.3, 0.4) is 0 Å². The summed E-state index contributed by atoms with van der Waals surface area (Å²) >= 11 is 0. The third kappa shape index (κ3) is 11.0. The van der Waals surface area contributed by atoms with Gasteiger partial charge in [0.15, 0.2) is 0 Å². The van der Waals surface area contributed by atoms with Crippen LogP contribution in [0, 0.1) is 5.92 Å². The molecule has 32 heavy (non-hydrogen) atoms. The summed E-state index contributed by atoms with van der Waals surface area (Å²) in [5, 5.41) is 5.52. The zero-order chi connectivity index (χ0) is 20.9. The van der Waals surface area contributed by atoms with Gasteiger partial charge in [0.2, 0.25) is 0 Å². The Morgan fingerprint density at radius 1 is 0.844 bits per heavy atom. The summed E-state index contributed by atoms with van der Waals surface area (Å²) in [6.07, 6.45) is 6.63. The standard InChI is InChI=1S/C17H23.C9H7.C2H6Si.2ClH.Zr/c1-3-5-8-14(4-2)13-16-12-11-15-9-6-7-10-17(15)16;1-2-5-9-7-3-6-8(9)4-1;1-3-2;;;/h6-7,9-12,14H,3-5,8,13H2,1-2H3;1-7H;1-2H3;2*1H;/q2*-1;;;;+4/p-2. The fourth-order valence-electron chi connectivity index (χ4n) is 3.72. The van der Waals surface area contributed by atoms with Crippen LogP contribution in [0.5, 0.6) is 0 Å². The number of unbranched alkanes of at least 4 members (excludes halogenated alkanes) is 1. The summed E-state index contributed by atoms with van der Waals surface area (Å²) in [5.74, 6) is 0.862. The van der Waals surface area contributed by atoms with Crippen molar-refractivity contribution in [2.45, 2.75) is 59.0 Å². The summed E-state index contributed by atoms with van der Waals surface area (Å²) in [5.41, 5.74) is 1.54. The van der Waals surface area contributed by atoms with E-state index >= 15 is 0 Å². The fourth-order valence-corrected chi connectivity index (χ4v) is 3.72. The van der Waals surface area contributed by atoms with Gasteiger partial charge in [-0.05, 0) is 5.92 Å². The molecule has 0 N–H and O–H groups in total. The van der Waals surface area contributed by atoms with Gasteiger partial charge in [-0.3, -0.25) is 0 Å². The van der Waals surface area contributed by atoms with Crippen molar-refractivity contribution in [3.8, 4) is 0 Å². The van der Waals surface area contributed by atoms with E-state index in [1.165, 1.54) is 53.6 Å². The minimum Gasteiger partial charge on any atom is -1.00 e. The SMILES string of the molecule is CCCCC(CC)Cc1c[cH-]c2ccccc12.C[Si]C.[Cl-].[Cl-].[Zr+4].c1ccc2[cH-]ccc2c1. The summed E-state index contributed by atoms with van der Waals surface area (Å²) < 4.78 is 0. The number of rotatable bonds is 6. The van der Waals surface area contributed by atoms with Crippen LogP contribution in [0.4, 0.5) is 0 Å². The number of fused-ring (bicyclic) bond motifs is 2. The van der Waals surface area contributed by atoms with Crippen LogP contribution in [0.15, 0.2) is 78.9 Å². The van der Waals surface area contributed by atoms with Gasteiger partial charge in [-0.25, -0.2) is 0 Å². The maximum Gasteiger partial charge on any atom is 4.00 e. The molecular weight excluding hydrogens is 527 g/mol. The molecule has 4 heteroatoms. The molecular formula is C28H36Cl2SiZr. The Hall–Kier alpha value is -0.660. The third-order valence-electron chi connectivity index (χ3n) is 5.37. The fraction of sp³-hybridized carbons (Fsp3) is 0.357. The van der Waals surface area contributed by atoms with Crippen LogP contribution in [-0.4, -0.2) is 9.52 Å². The van der Waals surface area contributed by atoms with Crippen LogP contribution in [-0.2, 0) is 32.6 Å². The first kappa shape index (κ1) is 33.5. The van der Waals surface area contributed by atoms with Crippen LogP contribution < -0.4 is 24.8 Å². The van der Waals surface area contributed by atoms with Crippen LogP contribution in [0.25, 0.3) is 21.5 Å². The zero-order valence-corrected chi connectivity index (χ0v) is 24.8. The van der Waals surface area contributed by atoms with Gasteiger partial charge in [0.25, 0.3) is 0 Å². The Morgan fingerprint density at radius 3 is 2.09 bits per heavy atom. The molecule has 2 radical (unpaired) electrons. The normalized spacial score (nSPS) is 10.4. The predicted molar refractivity (Wildman–Crippen MR) is 134 cm³/mol. The number of hydrogen-bond acceptors (Lipinski definition) is 0. The van der Waals surface area contributed by atoms with Crippen LogP contribution in [0.1, 0.15) is 45.1 Å². The zero-order valence-electron chi connectivity index (χ0n) is 19.9. The van der Waals surface area contributed by atoms with Crippen molar-refractivity contribution in [3.05, 3.63) is 84.4 Å². The minimum absolute atomic E-state index is 0. The Bertz CT molecular complexity index is 914. The molecule has 4 rings (SSSR count). The molecule has 0 saturated carbocycles. The number of halogens is 2. The monoisotopic (exact) mass is 560 g/mol. The second-order valence-electron chi connectivity index (χ2n) is 7.72. The first-order valence-electron chi connectivity index (χ1n) is 11.1. The molecule has 0 amide bonds. The second-order valence-corrected chi connectivity index (χ2v) is 8.72. The van der Waals surface area contributed by atoms with Gasteiger partial charge >= 0.3 is 26.2 Å². The van der Waals surface area contributed by atoms with E-state index in [1.807, 2.05) is 0 Å². The van der Waals surface area contributed by atoms with Crippen LogP contribution >= 0.6 is 0 Å². The van der Waals surface area contributed by atoms with Gasteiger partial charge in [0, 0.05) is 9.52 Å². The second kappa shape index (κ2) is 19.8. The largest absolute Gasteiger partial charge is 4.00 e. The smallest absolute Gasteiger partial charge is 1.00 e. The molecule has 0 fully saturated rings. The van der Waals surface area contributed by atoms with Crippen molar-refractivity contribution in [1.29, 1.82) is 0 Å². The molecule has 0 spiro atoms. The molecule has 0 bridgehead atoms. The molecule has 0 heterocycles. The van der Waals surface area contributed by atoms with Gasteiger partial charge in [0.05, 0.1) is 0 Å². The quantitative estimate of drug-likeness (QED) is 0.251. The van der Waals surface area contributed by atoms with Gasteiger partial charge < -0.3 is 24.8 Å². The van der Waals surface area contributed by atoms with Gasteiger partial charge in [-0.2, -0.15) is 23.1 Å². The van der Waals surface area contributed by atoms with Crippen molar-refractivity contribution >= 4 is 31.1 Å². The number of benzene rings is 2. The topological polar surface area (TPSA) is 0 Å². The summed E-state index contributed by atoms with van der Waals surface area (Å²) in [6.45, 7) is 8.91. The van der Waals surface area contributed by atoms with E-state index in [1.54, 1.807) is 5.56 Å². The van der Waals surface area contributed by atoms with Crippen molar-refractivity contribution in [3.63, 3.8) is 0 Å². The van der Waals surface area contributed by atoms with E-state index < -0.39 is 0 Å². The summed E-state index contributed by atoms with van der Waals surface area (Å²) in [6, 6.07) is 28.0. The van der Waals surface area contributed by atoms with E-state index in [-0.39, 0.29) is 51.0 Å². The molecule has 4 aromatic carbocycles. The molecule has 0 aliphatic rings. The molecule has 1 atom stereocenters. The molecule has 0 nitrogen and oxygen atoms in total. The average molecular weight is 563 g/mol. The average Bonchev–Trinajstić information content (AvgIpc) is 3.39. The predicted octanol–water partition coefficient (Wildman–Crippen LogP) is 2.67. The first-order chi connectivity index (χ1) is 14.2. The maximum absolute atomic E-state index is 2.32. The molecule has 4 aromatic rings. The molecule has 0 saturated heterocycles. The van der Waals surface area contributed by atoms with E-state index in [4.69, 9.17) is 0 Å². The summed E-state index contributed by atoms with van der Waals surface area (Å²) in [4.78, 5) is 0. The van der Waals surface area contributed by atoms with E-state index in [0.717, 1.165) is 15.4 Å². The first-order valence-corrected chi connectivity index (χ1v) is 13.1. The van der Waals surface area contributed by atoms with Gasteiger partial charge in [-0.15, -0.1) is 70.8 Å². The van der Waals surface area contributed by atoms with Crippen molar-refractivity contribution < 1.29 is 51.0 Å². The Morgan fingerprint density at radius 2 is 1.47 bits per heavy atom. The molecule has 0 aliphatic heterocycles. The van der Waals surface area contributed by atoms with Crippen molar-refractivity contribution in [2.24, 2.45) is 5.92 Å². The Kier molecular flexibility index (Phi) is 20.7. The van der Waals surface area contributed by atoms with E-state index in [0.29, 0.717) is 0 Å².